The van der Waals surface area contributed by atoms with Crippen molar-refractivity contribution >= 4 is 11.9 Å². The second kappa shape index (κ2) is 10.5. The number of pyridine rings is 1. The summed E-state index contributed by atoms with van der Waals surface area (Å²) in [5.41, 5.74) is 2.53. The van der Waals surface area contributed by atoms with Gasteiger partial charge in [0.2, 0.25) is 5.91 Å². The summed E-state index contributed by atoms with van der Waals surface area (Å²) in [6, 6.07) is 11.2. The maximum atomic E-state index is 13.7. The Balaban J connectivity index is 1.65. The predicted octanol–water partition coefficient (Wildman–Crippen LogP) is 4.11. The second-order valence-electron chi connectivity index (χ2n) is 8.32. The Labute approximate surface area is 186 Å². The molecule has 0 radical (unpaired) electrons. The maximum absolute atomic E-state index is 13.7. The smallest absolute Gasteiger partial charge is 0.304 e. The predicted molar refractivity (Wildman–Crippen MR) is 115 cm³/mol. The van der Waals surface area contributed by atoms with Crippen molar-refractivity contribution in [2.45, 2.75) is 51.5 Å². The summed E-state index contributed by atoms with van der Waals surface area (Å²) in [6.45, 7) is 0.510. The molecule has 32 heavy (non-hydrogen) atoms. The highest BCUT2D eigenvalue weighted by molar-refractivity contribution is 5.84. The van der Waals surface area contributed by atoms with Crippen molar-refractivity contribution in [2.75, 3.05) is 13.2 Å². The Morgan fingerprint density at radius 1 is 1.25 bits per heavy atom. The van der Waals surface area contributed by atoms with E-state index in [9.17, 15) is 18.4 Å². The van der Waals surface area contributed by atoms with Gasteiger partial charge in [0.1, 0.15) is 5.75 Å². The van der Waals surface area contributed by atoms with E-state index in [1.54, 1.807) is 24.4 Å². The molecule has 2 heterocycles. The number of carbonyl (C=O) groups excluding carboxylic acids is 1. The number of halogens is 2. The van der Waals surface area contributed by atoms with Crippen LogP contribution in [0.2, 0.25) is 0 Å². The molecular formula is C24H28F2N2O4. The Morgan fingerprint density at radius 2 is 2.06 bits per heavy atom. The Morgan fingerprint density at radius 3 is 2.75 bits per heavy atom. The fourth-order valence-corrected chi connectivity index (χ4v) is 3.92. The van der Waals surface area contributed by atoms with Crippen molar-refractivity contribution in [3.05, 3.63) is 59.4 Å². The number of hydrogen-bond donors (Lipinski definition) is 1. The third kappa shape index (κ3) is 7.00. The summed E-state index contributed by atoms with van der Waals surface area (Å²) < 4.78 is 33.2. The van der Waals surface area contributed by atoms with Crippen molar-refractivity contribution in [1.29, 1.82) is 0 Å². The average molecular weight is 446 g/mol. The zero-order valence-electron chi connectivity index (χ0n) is 18.1. The molecule has 8 heteroatoms. The van der Waals surface area contributed by atoms with Crippen LogP contribution in [-0.2, 0) is 29.0 Å². The van der Waals surface area contributed by atoms with E-state index in [4.69, 9.17) is 9.84 Å². The fraction of sp³-hybridized carbons (Fsp3) is 0.458. The largest absolute Gasteiger partial charge is 0.494 e. The molecule has 1 amide bonds. The Bertz CT molecular complexity index is 931. The molecule has 1 aromatic carbocycles. The minimum Gasteiger partial charge on any atom is -0.494 e. The van der Waals surface area contributed by atoms with Crippen LogP contribution in [0.3, 0.4) is 0 Å². The summed E-state index contributed by atoms with van der Waals surface area (Å²) in [5, 5.41) is 9.16. The standard InChI is InChI=1S/C24H28F2N2O4/c1-24(25,26)16-28-15-19-13-21(32-11-5-3-7-20-6-2-4-10-27-20)9-8-17(19)12-18(23(28)31)14-22(29)30/h2,4,6,8-10,13,18H,3,5,7,11-12,14-16H2,1H3,(H,29,30)/t18-/m0/s1. The number of carboxylic acids is 1. The van der Waals surface area contributed by atoms with Crippen molar-refractivity contribution in [1.82, 2.24) is 9.88 Å². The highest BCUT2D eigenvalue weighted by atomic mass is 19.3. The zero-order chi connectivity index (χ0) is 23.1. The molecule has 1 N–H and O–H groups in total. The molecule has 0 spiro atoms. The zero-order valence-corrected chi connectivity index (χ0v) is 18.1. The van der Waals surface area contributed by atoms with Gasteiger partial charge in [-0.3, -0.25) is 14.6 Å². The molecule has 0 bridgehead atoms. The average Bonchev–Trinajstić information content (AvgIpc) is 2.84. The molecular weight excluding hydrogens is 418 g/mol. The minimum absolute atomic E-state index is 0.00456. The van der Waals surface area contributed by atoms with E-state index >= 15 is 0 Å². The number of amides is 1. The molecule has 0 saturated heterocycles. The third-order valence-electron chi connectivity index (χ3n) is 5.38. The normalized spacial score (nSPS) is 16.4. The van der Waals surface area contributed by atoms with Gasteiger partial charge in [-0.05, 0) is 61.1 Å². The summed E-state index contributed by atoms with van der Waals surface area (Å²) in [5.74, 6) is -5.01. The molecule has 6 nitrogen and oxygen atoms in total. The van der Waals surface area contributed by atoms with E-state index in [0.717, 1.165) is 42.3 Å². The molecule has 1 atom stereocenters. The number of aliphatic carboxylic acids is 1. The van der Waals surface area contributed by atoms with Crippen LogP contribution >= 0.6 is 0 Å². The van der Waals surface area contributed by atoms with Crippen molar-refractivity contribution < 1.29 is 28.2 Å². The molecule has 3 rings (SSSR count). The van der Waals surface area contributed by atoms with Gasteiger partial charge in [0, 0.05) is 25.4 Å². The molecule has 2 aromatic rings. The van der Waals surface area contributed by atoms with Gasteiger partial charge in [0.25, 0.3) is 5.92 Å². The lowest BCUT2D eigenvalue weighted by Crippen LogP contribution is -2.41. The van der Waals surface area contributed by atoms with Crippen LogP contribution < -0.4 is 4.74 Å². The number of carbonyl (C=O) groups is 2. The molecule has 1 aromatic heterocycles. The van der Waals surface area contributed by atoms with E-state index in [0.29, 0.717) is 17.9 Å². The number of fused-ring (bicyclic) bond motifs is 1. The van der Waals surface area contributed by atoms with Crippen molar-refractivity contribution in [3.8, 4) is 5.75 Å². The number of nitrogens with zero attached hydrogens (tertiary/aromatic N) is 2. The first-order chi connectivity index (χ1) is 15.2. The fourth-order valence-electron chi connectivity index (χ4n) is 3.92. The molecule has 172 valence electrons. The van der Waals surface area contributed by atoms with Crippen LogP contribution in [0.15, 0.2) is 42.6 Å². The van der Waals surface area contributed by atoms with Gasteiger partial charge >= 0.3 is 5.97 Å². The number of aromatic nitrogens is 1. The third-order valence-corrected chi connectivity index (χ3v) is 5.38. The van der Waals surface area contributed by atoms with Crippen LogP contribution in [0, 0.1) is 5.92 Å². The summed E-state index contributed by atoms with van der Waals surface area (Å²) in [7, 11) is 0. The van der Waals surface area contributed by atoms with E-state index in [1.165, 1.54) is 0 Å². The molecule has 1 aliphatic rings. The van der Waals surface area contributed by atoms with Crippen molar-refractivity contribution in [2.24, 2.45) is 5.92 Å². The first kappa shape index (κ1) is 23.6. The number of unbranched alkanes of at least 4 members (excludes halogenated alkanes) is 1. The first-order valence-electron chi connectivity index (χ1n) is 10.7. The monoisotopic (exact) mass is 446 g/mol. The molecule has 0 saturated carbocycles. The van der Waals surface area contributed by atoms with E-state index < -0.39 is 36.7 Å². The van der Waals surface area contributed by atoms with Crippen LogP contribution in [0.1, 0.15) is 43.0 Å². The summed E-state index contributed by atoms with van der Waals surface area (Å²) >= 11 is 0. The highest BCUT2D eigenvalue weighted by Gasteiger charge is 2.35. The van der Waals surface area contributed by atoms with Gasteiger partial charge in [-0.25, -0.2) is 8.78 Å². The lowest BCUT2D eigenvalue weighted by Gasteiger charge is -2.26. The number of carboxylic acid groups (broad SMARTS) is 1. The number of benzene rings is 1. The molecule has 0 fully saturated rings. The maximum Gasteiger partial charge on any atom is 0.304 e. The van der Waals surface area contributed by atoms with Gasteiger partial charge in [-0.1, -0.05) is 12.1 Å². The van der Waals surface area contributed by atoms with Crippen LogP contribution in [0.4, 0.5) is 8.78 Å². The van der Waals surface area contributed by atoms with E-state index in [1.807, 2.05) is 18.2 Å². The van der Waals surface area contributed by atoms with Crippen molar-refractivity contribution in [3.63, 3.8) is 0 Å². The van der Waals surface area contributed by atoms with Crippen LogP contribution in [0.5, 0.6) is 5.75 Å². The molecule has 0 unspecified atom stereocenters. The minimum atomic E-state index is -3.07. The van der Waals surface area contributed by atoms with Gasteiger partial charge < -0.3 is 14.7 Å². The molecule has 0 aliphatic carbocycles. The lowest BCUT2D eigenvalue weighted by molar-refractivity contribution is -0.147. The number of ether oxygens (including phenoxy) is 1. The van der Waals surface area contributed by atoms with Gasteiger partial charge in [-0.2, -0.15) is 0 Å². The lowest BCUT2D eigenvalue weighted by atomic mass is 9.94. The van der Waals surface area contributed by atoms with E-state index in [2.05, 4.69) is 4.98 Å². The molecule has 1 aliphatic heterocycles. The van der Waals surface area contributed by atoms with Gasteiger partial charge in [0.05, 0.1) is 25.5 Å². The second-order valence-corrected chi connectivity index (χ2v) is 8.32. The first-order valence-corrected chi connectivity index (χ1v) is 10.7. The van der Waals surface area contributed by atoms with Crippen LogP contribution in [-0.4, -0.2) is 45.9 Å². The number of aryl methyl sites for hydroxylation is 1. The highest BCUT2D eigenvalue weighted by Crippen LogP contribution is 2.30. The number of alkyl halides is 2. The number of rotatable bonds is 10. The Kier molecular flexibility index (Phi) is 7.77. The topological polar surface area (TPSA) is 79.7 Å². The SMILES string of the molecule is CC(F)(F)CN1Cc2cc(OCCCCc3ccccn3)ccc2C[C@@H](CC(=O)O)C1=O. The number of hydrogen-bond acceptors (Lipinski definition) is 4. The van der Waals surface area contributed by atoms with Crippen LogP contribution in [0.25, 0.3) is 0 Å². The summed E-state index contributed by atoms with van der Waals surface area (Å²) in [4.78, 5) is 29.3. The Hall–Kier alpha value is -3.03. The summed E-state index contributed by atoms with van der Waals surface area (Å²) in [6.07, 6.45) is 4.20. The quantitative estimate of drug-likeness (QED) is 0.556. The van der Waals surface area contributed by atoms with Gasteiger partial charge in [0.15, 0.2) is 0 Å². The van der Waals surface area contributed by atoms with E-state index in [-0.39, 0.29) is 13.0 Å². The van der Waals surface area contributed by atoms with Gasteiger partial charge in [-0.15, -0.1) is 0 Å².